The zero-order valence-corrected chi connectivity index (χ0v) is 12.4. The summed E-state index contributed by atoms with van der Waals surface area (Å²) in [7, 11) is 3.08. The third-order valence-electron chi connectivity index (χ3n) is 3.17. The Morgan fingerprint density at radius 1 is 1.00 bits per heavy atom. The molecule has 3 heteroatoms. The molecule has 2 aromatic carbocycles. The van der Waals surface area contributed by atoms with Crippen molar-refractivity contribution in [2.45, 2.75) is 6.92 Å². The maximum Gasteiger partial charge on any atom is 0.189 e. The van der Waals surface area contributed by atoms with Crippen molar-refractivity contribution in [1.82, 2.24) is 0 Å². The molecule has 0 heterocycles. The van der Waals surface area contributed by atoms with Gasteiger partial charge in [-0.3, -0.25) is 4.79 Å². The van der Waals surface area contributed by atoms with E-state index in [9.17, 15) is 4.79 Å². The molecular weight excluding hydrogens is 264 g/mol. The smallest absolute Gasteiger partial charge is 0.189 e. The summed E-state index contributed by atoms with van der Waals surface area (Å²) in [6, 6.07) is 13.2. The fourth-order valence-corrected chi connectivity index (χ4v) is 2.02. The number of benzene rings is 2. The summed E-state index contributed by atoms with van der Waals surface area (Å²) in [6.45, 7) is 2.03. The van der Waals surface area contributed by atoms with Crippen LogP contribution in [0.5, 0.6) is 11.5 Å². The minimum Gasteiger partial charge on any atom is -0.493 e. The molecule has 0 saturated carbocycles. The van der Waals surface area contributed by atoms with Gasteiger partial charge < -0.3 is 9.47 Å². The van der Waals surface area contributed by atoms with Crippen LogP contribution >= 0.6 is 0 Å². The molecule has 0 aliphatic carbocycles. The van der Waals surface area contributed by atoms with Crippen LogP contribution in [0.1, 0.15) is 21.5 Å². The van der Waals surface area contributed by atoms with Gasteiger partial charge >= 0.3 is 0 Å². The van der Waals surface area contributed by atoms with Crippen molar-refractivity contribution in [3.05, 3.63) is 65.2 Å². The van der Waals surface area contributed by atoms with Crippen LogP contribution in [0.15, 0.2) is 48.5 Å². The Kier molecular flexibility index (Phi) is 4.77. The Bertz CT molecular complexity index is 655. The van der Waals surface area contributed by atoms with E-state index in [2.05, 4.69) is 0 Å². The number of para-hydroxylation sites is 1. The minimum absolute atomic E-state index is 0.119. The fraction of sp³-hybridized carbons (Fsp3) is 0.167. The predicted molar refractivity (Wildman–Crippen MR) is 84.1 cm³/mol. The number of ketones is 1. The van der Waals surface area contributed by atoms with E-state index < -0.39 is 0 Å². The van der Waals surface area contributed by atoms with Gasteiger partial charge in [-0.05, 0) is 30.7 Å². The van der Waals surface area contributed by atoms with Gasteiger partial charge in [-0.25, -0.2) is 0 Å². The molecule has 2 aromatic rings. The zero-order valence-electron chi connectivity index (χ0n) is 12.4. The monoisotopic (exact) mass is 282 g/mol. The number of methoxy groups -OCH3 is 2. The van der Waals surface area contributed by atoms with E-state index >= 15 is 0 Å². The second kappa shape index (κ2) is 6.75. The van der Waals surface area contributed by atoms with Crippen LogP contribution in [-0.2, 0) is 0 Å². The second-order valence-corrected chi connectivity index (χ2v) is 4.65. The summed E-state index contributed by atoms with van der Waals surface area (Å²) in [5.41, 5.74) is 2.66. The number of ether oxygens (including phenoxy) is 2. The van der Waals surface area contributed by atoms with Gasteiger partial charge in [0, 0.05) is 0 Å². The Morgan fingerprint density at radius 3 is 2.33 bits per heavy atom. The first-order valence-electron chi connectivity index (χ1n) is 6.65. The third kappa shape index (κ3) is 3.51. The Balaban J connectivity index is 2.26. The van der Waals surface area contributed by atoms with E-state index in [1.165, 1.54) is 12.7 Å². The summed E-state index contributed by atoms with van der Waals surface area (Å²) < 4.78 is 10.5. The molecule has 21 heavy (non-hydrogen) atoms. The number of rotatable bonds is 5. The standard InChI is InChI=1S/C18H18O3/c1-13-7-9-14(10-8-13)11-12-16(19)15-5-4-6-17(20-2)18(15)21-3/h4-12H,1-3H3/b12-11+. The van der Waals surface area contributed by atoms with Gasteiger partial charge in [0.25, 0.3) is 0 Å². The van der Waals surface area contributed by atoms with Gasteiger partial charge in [0.2, 0.25) is 0 Å². The summed E-state index contributed by atoms with van der Waals surface area (Å²) >= 11 is 0. The number of aryl methyl sites for hydroxylation is 1. The molecule has 0 fully saturated rings. The van der Waals surface area contributed by atoms with E-state index in [-0.39, 0.29) is 5.78 Å². The quantitative estimate of drug-likeness (QED) is 0.616. The highest BCUT2D eigenvalue weighted by Crippen LogP contribution is 2.31. The topological polar surface area (TPSA) is 35.5 Å². The van der Waals surface area contributed by atoms with Gasteiger partial charge in [-0.2, -0.15) is 0 Å². The van der Waals surface area contributed by atoms with Crippen molar-refractivity contribution in [3.63, 3.8) is 0 Å². The van der Waals surface area contributed by atoms with Crippen molar-refractivity contribution in [3.8, 4) is 11.5 Å². The molecule has 0 aliphatic heterocycles. The molecule has 0 amide bonds. The summed E-state index contributed by atoms with van der Waals surface area (Å²) in [4.78, 5) is 12.3. The predicted octanol–water partition coefficient (Wildman–Crippen LogP) is 3.91. The largest absolute Gasteiger partial charge is 0.493 e. The first kappa shape index (κ1) is 14.9. The first-order chi connectivity index (χ1) is 10.2. The van der Waals surface area contributed by atoms with Crippen molar-refractivity contribution in [1.29, 1.82) is 0 Å². The SMILES string of the molecule is COc1cccc(C(=O)/C=C/c2ccc(C)cc2)c1OC. The Labute approximate surface area is 124 Å². The lowest BCUT2D eigenvalue weighted by Gasteiger charge is -2.10. The maximum atomic E-state index is 12.3. The maximum absolute atomic E-state index is 12.3. The Morgan fingerprint density at radius 2 is 1.71 bits per heavy atom. The van der Waals surface area contributed by atoms with Crippen molar-refractivity contribution in [2.24, 2.45) is 0 Å². The number of hydrogen-bond donors (Lipinski definition) is 0. The Hall–Kier alpha value is -2.55. The van der Waals surface area contributed by atoms with E-state index in [4.69, 9.17) is 9.47 Å². The lowest BCUT2D eigenvalue weighted by Crippen LogP contribution is -2.01. The molecule has 0 N–H and O–H groups in total. The van der Waals surface area contributed by atoms with Crippen LogP contribution in [0, 0.1) is 6.92 Å². The average molecular weight is 282 g/mol. The number of carbonyl (C=O) groups is 1. The first-order valence-corrected chi connectivity index (χ1v) is 6.65. The molecule has 0 saturated heterocycles. The fourth-order valence-electron chi connectivity index (χ4n) is 2.02. The van der Waals surface area contributed by atoms with Crippen molar-refractivity contribution in [2.75, 3.05) is 14.2 Å². The number of hydrogen-bond acceptors (Lipinski definition) is 3. The van der Waals surface area contributed by atoms with Crippen molar-refractivity contribution >= 4 is 11.9 Å². The lowest BCUT2D eigenvalue weighted by atomic mass is 10.1. The molecule has 0 aliphatic rings. The molecular formula is C18H18O3. The molecule has 0 spiro atoms. The molecule has 0 radical (unpaired) electrons. The summed E-state index contributed by atoms with van der Waals surface area (Å²) in [5.74, 6) is 0.886. The second-order valence-electron chi connectivity index (χ2n) is 4.65. The molecule has 108 valence electrons. The molecule has 0 unspecified atom stereocenters. The van der Waals surface area contributed by atoms with Crippen molar-refractivity contribution < 1.29 is 14.3 Å². The highest BCUT2D eigenvalue weighted by atomic mass is 16.5. The normalized spacial score (nSPS) is 10.6. The van der Waals surface area contributed by atoms with Crippen LogP contribution in [-0.4, -0.2) is 20.0 Å². The van der Waals surface area contributed by atoms with Crippen LogP contribution < -0.4 is 9.47 Å². The van der Waals surface area contributed by atoms with Crippen LogP contribution in [0.2, 0.25) is 0 Å². The van der Waals surface area contributed by atoms with Crippen LogP contribution in [0.4, 0.5) is 0 Å². The zero-order chi connectivity index (χ0) is 15.2. The minimum atomic E-state index is -0.119. The highest BCUT2D eigenvalue weighted by molar-refractivity contribution is 6.09. The van der Waals surface area contributed by atoms with E-state index in [0.29, 0.717) is 17.1 Å². The average Bonchev–Trinajstić information content (AvgIpc) is 2.53. The van der Waals surface area contributed by atoms with E-state index in [1.54, 1.807) is 37.5 Å². The summed E-state index contributed by atoms with van der Waals surface area (Å²) in [5, 5.41) is 0. The van der Waals surface area contributed by atoms with Gasteiger partial charge in [0.1, 0.15) is 0 Å². The van der Waals surface area contributed by atoms with Gasteiger partial charge in [-0.15, -0.1) is 0 Å². The highest BCUT2D eigenvalue weighted by Gasteiger charge is 2.13. The molecule has 0 atom stereocenters. The van der Waals surface area contributed by atoms with Gasteiger partial charge in [0.05, 0.1) is 19.8 Å². The third-order valence-corrected chi connectivity index (χ3v) is 3.17. The number of allylic oxidation sites excluding steroid dienone is 1. The molecule has 0 bridgehead atoms. The summed E-state index contributed by atoms with van der Waals surface area (Å²) in [6.07, 6.45) is 3.34. The molecule has 2 rings (SSSR count). The number of carbonyl (C=O) groups excluding carboxylic acids is 1. The lowest BCUT2D eigenvalue weighted by molar-refractivity contribution is 0.104. The van der Waals surface area contributed by atoms with Crippen LogP contribution in [0.25, 0.3) is 6.08 Å². The van der Waals surface area contributed by atoms with Crippen LogP contribution in [0.3, 0.4) is 0 Å². The van der Waals surface area contributed by atoms with Gasteiger partial charge in [0.15, 0.2) is 17.3 Å². The van der Waals surface area contributed by atoms with E-state index in [1.807, 2.05) is 31.2 Å². The van der Waals surface area contributed by atoms with Gasteiger partial charge in [-0.1, -0.05) is 42.0 Å². The molecule has 3 nitrogen and oxygen atoms in total. The molecule has 0 aromatic heterocycles. The van der Waals surface area contributed by atoms with E-state index in [0.717, 1.165) is 5.56 Å².